The minimum absolute atomic E-state index is 0.0846. The van der Waals surface area contributed by atoms with Gasteiger partial charge in [-0.2, -0.15) is 0 Å². The maximum absolute atomic E-state index is 12.1. The van der Waals surface area contributed by atoms with Gasteiger partial charge in [0.05, 0.1) is 5.56 Å². The minimum atomic E-state index is -0.424. The molecule has 3 rings (SSSR count). The third kappa shape index (κ3) is 1.82. The molecule has 1 N–H and O–H groups in total. The highest BCUT2D eigenvalue weighted by Crippen LogP contribution is 2.31. The van der Waals surface area contributed by atoms with Crippen LogP contribution in [0.3, 0.4) is 0 Å². The van der Waals surface area contributed by atoms with E-state index in [-0.39, 0.29) is 22.7 Å². The quantitative estimate of drug-likeness (QED) is 0.632. The number of carbonyl (C=O) groups excluding carboxylic acids is 1. The van der Waals surface area contributed by atoms with Crippen molar-refractivity contribution in [1.82, 2.24) is 4.90 Å². The van der Waals surface area contributed by atoms with Crippen molar-refractivity contribution < 1.29 is 14.3 Å². The SMILES string of the molecule is CC(=O)c1c(O)ccc2c3c(c(=O)oc12)CN(C)CC3. The lowest BCUT2D eigenvalue weighted by Crippen LogP contribution is -2.31. The number of rotatable bonds is 1. The summed E-state index contributed by atoms with van der Waals surface area (Å²) in [5.41, 5.74) is 1.43. The van der Waals surface area contributed by atoms with Gasteiger partial charge in [0, 0.05) is 18.5 Å². The molecule has 0 amide bonds. The first-order chi connectivity index (χ1) is 9.49. The summed E-state index contributed by atoms with van der Waals surface area (Å²) in [6, 6.07) is 3.20. The predicted molar refractivity (Wildman–Crippen MR) is 74.2 cm³/mol. The van der Waals surface area contributed by atoms with Crippen LogP contribution in [0.2, 0.25) is 0 Å². The second-order valence-corrected chi connectivity index (χ2v) is 5.23. The van der Waals surface area contributed by atoms with Crippen LogP contribution < -0.4 is 5.63 Å². The maximum atomic E-state index is 12.1. The Morgan fingerprint density at radius 1 is 1.35 bits per heavy atom. The zero-order chi connectivity index (χ0) is 14.4. The molecule has 0 bridgehead atoms. The number of hydrogen-bond acceptors (Lipinski definition) is 5. The number of aromatic hydroxyl groups is 1. The van der Waals surface area contributed by atoms with Crippen LogP contribution in [0.4, 0.5) is 0 Å². The molecule has 0 atom stereocenters. The van der Waals surface area contributed by atoms with Gasteiger partial charge in [-0.15, -0.1) is 0 Å². The fraction of sp³-hybridized carbons (Fsp3) is 0.333. The standard InChI is InChI=1S/C15H15NO4/c1-8(17)13-12(18)4-3-10-9-5-6-16(2)7-11(9)15(19)20-14(10)13/h3-4,18H,5-7H2,1-2H3. The molecule has 0 fully saturated rings. The topological polar surface area (TPSA) is 70.7 Å². The van der Waals surface area contributed by atoms with Crippen LogP contribution in [-0.4, -0.2) is 29.4 Å². The summed E-state index contributed by atoms with van der Waals surface area (Å²) in [6.45, 7) is 2.74. The van der Waals surface area contributed by atoms with Gasteiger partial charge in [-0.05, 0) is 38.1 Å². The molecule has 104 valence electrons. The van der Waals surface area contributed by atoms with Crippen molar-refractivity contribution in [3.05, 3.63) is 39.2 Å². The molecule has 20 heavy (non-hydrogen) atoms. The van der Waals surface area contributed by atoms with Gasteiger partial charge >= 0.3 is 5.63 Å². The molecule has 5 heteroatoms. The Bertz CT molecular complexity index is 776. The largest absolute Gasteiger partial charge is 0.507 e. The number of hydrogen-bond donors (Lipinski definition) is 1. The number of carbonyl (C=O) groups is 1. The van der Waals surface area contributed by atoms with Crippen molar-refractivity contribution in [3.63, 3.8) is 0 Å². The van der Waals surface area contributed by atoms with Gasteiger partial charge in [-0.25, -0.2) is 4.79 Å². The molecule has 1 aliphatic rings. The summed E-state index contributed by atoms with van der Waals surface area (Å²) in [6.07, 6.45) is 0.732. The van der Waals surface area contributed by atoms with Crippen LogP contribution in [-0.2, 0) is 13.0 Å². The zero-order valence-corrected chi connectivity index (χ0v) is 11.4. The molecule has 0 saturated carbocycles. The highest BCUT2D eigenvalue weighted by Gasteiger charge is 2.23. The minimum Gasteiger partial charge on any atom is -0.507 e. The molecular weight excluding hydrogens is 258 g/mol. The Morgan fingerprint density at radius 2 is 2.10 bits per heavy atom. The van der Waals surface area contributed by atoms with Gasteiger partial charge in [0.15, 0.2) is 11.4 Å². The number of benzene rings is 1. The van der Waals surface area contributed by atoms with Crippen LogP contribution in [0.15, 0.2) is 21.3 Å². The van der Waals surface area contributed by atoms with Gasteiger partial charge in [0.1, 0.15) is 11.3 Å². The number of phenols is 1. The van der Waals surface area contributed by atoms with Crippen molar-refractivity contribution in [2.45, 2.75) is 19.9 Å². The number of nitrogens with zero attached hydrogens (tertiary/aromatic N) is 1. The van der Waals surface area contributed by atoms with E-state index in [2.05, 4.69) is 4.90 Å². The van der Waals surface area contributed by atoms with Crippen LogP contribution in [0.25, 0.3) is 11.0 Å². The van der Waals surface area contributed by atoms with Crippen LogP contribution in [0, 0.1) is 0 Å². The average Bonchev–Trinajstić information content (AvgIpc) is 2.38. The van der Waals surface area contributed by atoms with Crippen molar-refractivity contribution in [3.8, 4) is 5.75 Å². The molecule has 1 aliphatic heterocycles. The van der Waals surface area contributed by atoms with E-state index < -0.39 is 5.63 Å². The fourth-order valence-electron chi connectivity index (χ4n) is 2.79. The highest BCUT2D eigenvalue weighted by atomic mass is 16.4. The third-order valence-corrected chi connectivity index (χ3v) is 3.79. The smallest absolute Gasteiger partial charge is 0.341 e. The molecule has 2 aromatic rings. The maximum Gasteiger partial charge on any atom is 0.341 e. The Hall–Kier alpha value is -2.14. The normalized spacial score (nSPS) is 15.3. The van der Waals surface area contributed by atoms with E-state index in [1.165, 1.54) is 13.0 Å². The predicted octanol–water partition coefficient (Wildman–Crippen LogP) is 1.69. The van der Waals surface area contributed by atoms with Crippen molar-refractivity contribution in [2.75, 3.05) is 13.6 Å². The molecule has 1 aromatic carbocycles. The molecule has 1 aromatic heterocycles. The Labute approximate surface area is 115 Å². The number of ketones is 1. The van der Waals surface area contributed by atoms with E-state index >= 15 is 0 Å². The second kappa shape index (κ2) is 4.45. The van der Waals surface area contributed by atoms with E-state index in [0.717, 1.165) is 23.9 Å². The van der Waals surface area contributed by atoms with Crippen molar-refractivity contribution in [2.24, 2.45) is 0 Å². The molecule has 2 heterocycles. The molecule has 0 saturated heterocycles. The van der Waals surface area contributed by atoms with Crippen LogP contribution in [0.5, 0.6) is 5.75 Å². The number of Topliss-reactive ketones (excluding diaryl/α,β-unsaturated/α-hetero) is 1. The summed E-state index contributed by atoms with van der Waals surface area (Å²) < 4.78 is 5.32. The lowest BCUT2D eigenvalue weighted by atomic mass is 9.95. The molecule has 0 aliphatic carbocycles. The van der Waals surface area contributed by atoms with Crippen molar-refractivity contribution >= 4 is 16.8 Å². The second-order valence-electron chi connectivity index (χ2n) is 5.23. The molecular formula is C15H15NO4. The van der Waals surface area contributed by atoms with Crippen LogP contribution >= 0.6 is 0 Å². The summed E-state index contributed by atoms with van der Waals surface area (Å²) in [4.78, 5) is 25.9. The van der Waals surface area contributed by atoms with Crippen LogP contribution in [0.1, 0.15) is 28.4 Å². The van der Waals surface area contributed by atoms with E-state index in [1.54, 1.807) is 6.07 Å². The Morgan fingerprint density at radius 3 is 2.80 bits per heavy atom. The Balaban J connectivity index is 2.41. The Kier molecular flexibility index (Phi) is 2.87. The van der Waals surface area contributed by atoms with E-state index in [4.69, 9.17) is 4.42 Å². The zero-order valence-electron chi connectivity index (χ0n) is 11.4. The molecule has 5 nitrogen and oxygen atoms in total. The highest BCUT2D eigenvalue weighted by molar-refractivity contribution is 6.07. The molecule has 0 radical (unpaired) electrons. The number of likely N-dealkylation sites (N-methyl/N-ethyl adjacent to an activating group) is 1. The number of phenolic OH excluding ortho intramolecular Hbond substituents is 1. The van der Waals surface area contributed by atoms with E-state index in [1.807, 2.05) is 7.05 Å². The van der Waals surface area contributed by atoms with Gasteiger partial charge in [0.2, 0.25) is 0 Å². The summed E-state index contributed by atoms with van der Waals surface area (Å²) in [5.74, 6) is -0.467. The van der Waals surface area contributed by atoms with Crippen molar-refractivity contribution in [1.29, 1.82) is 0 Å². The molecule has 0 unspecified atom stereocenters. The average molecular weight is 273 g/mol. The first kappa shape index (κ1) is 12.9. The number of fused-ring (bicyclic) bond motifs is 3. The van der Waals surface area contributed by atoms with E-state index in [0.29, 0.717) is 12.1 Å². The fourth-order valence-corrected chi connectivity index (χ4v) is 2.79. The molecule has 0 spiro atoms. The first-order valence-corrected chi connectivity index (χ1v) is 6.49. The van der Waals surface area contributed by atoms with E-state index in [9.17, 15) is 14.7 Å². The van der Waals surface area contributed by atoms with Gasteiger partial charge < -0.3 is 14.4 Å². The van der Waals surface area contributed by atoms with Gasteiger partial charge in [0.25, 0.3) is 0 Å². The first-order valence-electron chi connectivity index (χ1n) is 6.49. The summed E-state index contributed by atoms with van der Waals surface area (Å²) in [5, 5.41) is 10.6. The van der Waals surface area contributed by atoms with Gasteiger partial charge in [-0.1, -0.05) is 0 Å². The third-order valence-electron chi connectivity index (χ3n) is 3.79. The summed E-state index contributed by atoms with van der Waals surface area (Å²) >= 11 is 0. The lowest BCUT2D eigenvalue weighted by Gasteiger charge is -2.24. The monoisotopic (exact) mass is 273 g/mol. The van der Waals surface area contributed by atoms with Gasteiger partial charge in [-0.3, -0.25) is 4.79 Å². The lowest BCUT2D eigenvalue weighted by molar-refractivity contribution is 0.101. The summed E-state index contributed by atoms with van der Waals surface area (Å²) in [7, 11) is 1.95.